The fraction of sp³-hybridized carbons (Fsp3) is 0.346. The van der Waals surface area contributed by atoms with Crippen LogP contribution in [0, 0.1) is 6.92 Å². The van der Waals surface area contributed by atoms with Crippen LogP contribution in [0.1, 0.15) is 51.9 Å². The monoisotopic (exact) mass is 418 g/mol. The predicted octanol–water partition coefficient (Wildman–Crippen LogP) is 5.77. The van der Waals surface area contributed by atoms with Gasteiger partial charge < -0.3 is 5.32 Å². The molecule has 0 saturated carbocycles. The zero-order chi connectivity index (χ0) is 21.1. The van der Waals surface area contributed by atoms with Gasteiger partial charge in [0.1, 0.15) is 0 Å². The largest absolute Gasteiger partial charge is 0.325 e. The van der Waals surface area contributed by atoms with Crippen LogP contribution in [0.15, 0.2) is 54.6 Å². The first-order valence-electron chi connectivity index (χ1n) is 10.9. The lowest BCUT2D eigenvalue weighted by molar-refractivity contribution is -0.117. The minimum absolute atomic E-state index is 0.0595. The number of carbonyl (C=O) groups is 1. The normalized spacial score (nSPS) is 16.3. The van der Waals surface area contributed by atoms with Gasteiger partial charge in [0.2, 0.25) is 5.91 Å². The number of para-hydroxylation sites is 1. The number of benzene rings is 2. The topological polar surface area (TPSA) is 32.3 Å². The second-order valence-electron chi connectivity index (χ2n) is 7.93. The molecule has 156 valence electrons. The van der Waals surface area contributed by atoms with Crippen molar-refractivity contribution in [1.82, 2.24) is 4.90 Å². The molecule has 1 atom stereocenters. The number of fused-ring (bicyclic) bond motifs is 1. The van der Waals surface area contributed by atoms with E-state index in [0.29, 0.717) is 6.54 Å². The zero-order valence-corrected chi connectivity index (χ0v) is 18.9. The Morgan fingerprint density at radius 1 is 1.07 bits per heavy atom. The van der Waals surface area contributed by atoms with E-state index >= 15 is 0 Å². The summed E-state index contributed by atoms with van der Waals surface area (Å²) >= 11 is 1.91. The van der Waals surface area contributed by atoms with Gasteiger partial charge in [-0.2, -0.15) is 0 Å². The van der Waals surface area contributed by atoms with Crippen molar-refractivity contribution in [3.05, 3.63) is 86.6 Å². The first-order chi connectivity index (χ1) is 14.6. The molecule has 3 nitrogen and oxygen atoms in total. The maximum atomic E-state index is 13.0. The van der Waals surface area contributed by atoms with Crippen molar-refractivity contribution in [2.75, 3.05) is 18.4 Å². The summed E-state index contributed by atoms with van der Waals surface area (Å²) in [5, 5.41) is 3.16. The van der Waals surface area contributed by atoms with Gasteiger partial charge in [-0.1, -0.05) is 62.4 Å². The number of amides is 1. The predicted molar refractivity (Wildman–Crippen MR) is 126 cm³/mol. The van der Waals surface area contributed by atoms with Gasteiger partial charge in [-0.15, -0.1) is 11.3 Å². The smallest absolute Gasteiger partial charge is 0.238 e. The maximum Gasteiger partial charge on any atom is 0.238 e. The molecule has 0 bridgehead atoms. The Kier molecular flexibility index (Phi) is 6.35. The summed E-state index contributed by atoms with van der Waals surface area (Å²) in [4.78, 5) is 18.2. The molecule has 0 aliphatic carbocycles. The average molecular weight is 419 g/mol. The van der Waals surface area contributed by atoms with Crippen LogP contribution in [0.5, 0.6) is 0 Å². The number of nitrogens with one attached hydrogen (secondary N) is 1. The van der Waals surface area contributed by atoms with E-state index in [9.17, 15) is 4.79 Å². The van der Waals surface area contributed by atoms with Crippen molar-refractivity contribution >= 4 is 22.9 Å². The molecule has 2 aromatic carbocycles. The van der Waals surface area contributed by atoms with E-state index < -0.39 is 0 Å². The van der Waals surface area contributed by atoms with E-state index in [0.717, 1.165) is 31.5 Å². The molecular weight excluding hydrogens is 388 g/mol. The van der Waals surface area contributed by atoms with Crippen molar-refractivity contribution in [2.45, 2.75) is 46.1 Å². The molecule has 4 rings (SSSR count). The standard InChI is InChI=1S/C26H30N2OS/c1-4-19-11-9-10-14-23(19)27-24(29)17-28-16-15-22-21(5-2)18(3)30-26(22)25(28)20-12-7-6-8-13-20/h6-14,25H,4-5,15-17H2,1-3H3,(H,27,29)/t25-/m0/s1. The molecule has 30 heavy (non-hydrogen) atoms. The van der Waals surface area contributed by atoms with Crippen molar-refractivity contribution in [3.8, 4) is 0 Å². The minimum Gasteiger partial charge on any atom is -0.325 e. The summed E-state index contributed by atoms with van der Waals surface area (Å²) in [5.41, 5.74) is 6.40. The van der Waals surface area contributed by atoms with Crippen LogP contribution in [0.2, 0.25) is 0 Å². The van der Waals surface area contributed by atoms with Crippen LogP contribution in [-0.4, -0.2) is 23.9 Å². The van der Waals surface area contributed by atoms with Gasteiger partial charge in [-0.3, -0.25) is 9.69 Å². The molecule has 2 heterocycles. The van der Waals surface area contributed by atoms with Crippen molar-refractivity contribution < 1.29 is 4.79 Å². The van der Waals surface area contributed by atoms with Crippen LogP contribution in [-0.2, 0) is 24.1 Å². The highest BCUT2D eigenvalue weighted by atomic mass is 32.1. The van der Waals surface area contributed by atoms with E-state index in [-0.39, 0.29) is 11.9 Å². The van der Waals surface area contributed by atoms with Gasteiger partial charge in [0.05, 0.1) is 12.6 Å². The van der Waals surface area contributed by atoms with Gasteiger partial charge in [0, 0.05) is 22.0 Å². The molecule has 1 aliphatic heterocycles. The van der Waals surface area contributed by atoms with Crippen molar-refractivity contribution in [2.24, 2.45) is 0 Å². The van der Waals surface area contributed by atoms with Gasteiger partial charge in [0.15, 0.2) is 0 Å². The van der Waals surface area contributed by atoms with E-state index in [2.05, 4.69) is 67.4 Å². The highest BCUT2D eigenvalue weighted by Crippen LogP contribution is 2.42. The Hall–Kier alpha value is -2.43. The van der Waals surface area contributed by atoms with Crippen molar-refractivity contribution in [3.63, 3.8) is 0 Å². The summed E-state index contributed by atoms with van der Waals surface area (Å²) < 4.78 is 0. The summed E-state index contributed by atoms with van der Waals surface area (Å²) in [6.45, 7) is 7.90. The SMILES string of the molecule is CCc1ccccc1NC(=O)CN1CCc2c(sc(C)c2CC)[C@@H]1c1ccccc1. The summed E-state index contributed by atoms with van der Waals surface area (Å²) in [6.07, 6.45) is 3.00. The second kappa shape index (κ2) is 9.15. The molecule has 1 aliphatic rings. The molecule has 1 N–H and O–H groups in total. The third-order valence-corrected chi connectivity index (χ3v) is 7.34. The number of carbonyl (C=O) groups excluding carboxylic acids is 1. The van der Waals surface area contributed by atoms with Gasteiger partial charge in [-0.25, -0.2) is 0 Å². The first-order valence-corrected chi connectivity index (χ1v) is 11.7. The number of rotatable bonds is 6. The number of thiophene rings is 1. The Balaban J connectivity index is 1.62. The Morgan fingerprint density at radius 3 is 2.53 bits per heavy atom. The van der Waals surface area contributed by atoms with Crippen LogP contribution in [0.3, 0.4) is 0 Å². The van der Waals surface area contributed by atoms with Gasteiger partial charge >= 0.3 is 0 Å². The Morgan fingerprint density at radius 2 is 1.80 bits per heavy atom. The van der Waals surface area contributed by atoms with Crippen LogP contribution in [0.25, 0.3) is 0 Å². The lowest BCUT2D eigenvalue weighted by atomic mass is 9.91. The second-order valence-corrected chi connectivity index (χ2v) is 9.18. The van der Waals surface area contributed by atoms with E-state index in [4.69, 9.17) is 0 Å². The zero-order valence-electron chi connectivity index (χ0n) is 18.1. The van der Waals surface area contributed by atoms with Crippen LogP contribution in [0.4, 0.5) is 5.69 Å². The summed E-state index contributed by atoms with van der Waals surface area (Å²) in [7, 11) is 0. The highest BCUT2D eigenvalue weighted by molar-refractivity contribution is 7.12. The molecule has 1 aromatic heterocycles. The number of hydrogen-bond acceptors (Lipinski definition) is 3. The molecule has 3 aromatic rings. The third-order valence-electron chi connectivity index (χ3n) is 6.10. The van der Waals surface area contributed by atoms with Crippen molar-refractivity contribution in [1.29, 1.82) is 0 Å². The lowest BCUT2D eigenvalue weighted by Crippen LogP contribution is -2.40. The third kappa shape index (κ3) is 4.07. The maximum absolute atomic E-state index is 13.0. The molecule has 1 amide bonds. The van der Waals surface area contributed by atoms with Gasteiger partial charge in [0.25, 0.3) is 0 Å². The van der Waals surface area contributed by atoms with Gasteiger partial charge in [-0.05, 0) is 54.5 Å². The summed E-state index contributed by atoms with van der Waals surface area (Å²) in [6, 6.07) is 18.9. The summed E-state index contributed by atoms with van der Waals surface area (Å²) in [5.74, 6) is 0.0595. The number of hydrogen-bond donors (Lipinski definition) is 1. The molecule has 0 fully saturated rings. The Bertz CT molecular complexity index is 1020. The van der Waals surface area contributed by atoms with E-state index in [1.165, 1.54) is 32.0 Å². The van der Waals surface area contributed by atoms with Crippen LogP contribution >= 0.6 is 11.3 Å². The molecule has 4 heteroatoms. The number of nitrogens with zero attached hydrogens (tertiary/aromatic N) is 1. The Labute approximate surface area is 183 Å². The molecule has 0 saturated heterocycles. The van der Waals surface area contributed by atoms with E-state index in [1.807, 2.05) is 29.5 Å². The molecule has 0 radical (unpaired) electrons. The molecule has 0 spiro atoms. The van der Waals surface area contributed by atoms with Crippen LogP contribution < -0.4 is 5.32 Å². The fourth-order valence-electron chi connectivity index (χ4n) is 4.65. The quantitative estimate of drug-likeness (QED) is 0.551. The molecular formula is C26H30N2OS. The number of anilines is 1. The minimum atomic E-state index is 0.0595. The highest BCUT2D eigenvalue weighted by Gasteiger charge is 2.33. The molecule has 0 unspecified atom stereocenters. The fourth-order valence-corrected chi connectivity index (χ4v) is 6.12. The average Bonchev–Trinajstić information content (AvgIpc) is 3.09. The number of aryl methyl sites for hydroxylation is 2. The van der Waals surface area contributed by atoms with E-state index in [1.54, 1.807) is 0 Å². The lowest BCUT2D eigenvalue weighted by Gasteiger charge is -2.36. The first kappa shape index (κ1) is 20.8.